The van der Waals surface area contributed by atoms with Crippen molar-refractivity contribution in [3.05, 3.63) is 83.6 Å². The maximum atomic E-state index is 12.5. The number of carbonyl (C=O) groups is 2. The van der Waals surface area contributed by atoms with Crippen molar-refractivity contribution in [1.82, 2.24) is 14.4 Å². The van der Waals surface area contributed by atoms with Gasteiger partial charge in [0.2, 0.25) is 0 Å². The predicted molar refractivity (Wildman–Crippen MR) is 128 cm³/mol. The molecule has 0 saturated carbocycles. The van der Waals surface area contributed by atoms with E-state index in [1.54, 1.807) is 18.2 Å². The summed E-state index contributed by atoms with van der Waals surface area (Å²) in [4.78, 5) is 28.4. The number of piperazine rings is 1. The van der Waals surface area contributed by atoms with Crippen molar-refractivity contribution in [1.29, 1.82) is 0 Å². The van der Waals surface area contributed by atoms with Gasteiger partial charge in [-0.05, 0) is 30.7 Å². The van der Waals surface area contributed by atoms with Crippen LogP contribution >= 0.6 is 0 Å². The molecule has 0 aliphatic carbocycles. The molecule has 0 bridgehead atoms. The minimum Gasteiger partial charge on any atom is -0.480 e. The summed E-state index contributed by atoms with van der Waals surface area (Å²) in [5, 5.41) is 20.4. The number of fused-ring (bicyclic) bond motifs is 1. The number of benzene rings is 2. The predicted octanol–water partition coefficient (Wildman–Crippen LogP) is 3.71. The van der Waals surface area contributed by atoms with Gasteiger partial charge in [-0.2, -0.15) is 0 Å². The van der Waals surface area contributed by atoms with Crippen molar-refractivity contribution in [2.75, 3.05) is 32.7 Å². The first-order chi connectivity index (χ1) is 15.8. The quantitative estimate of drug-likeness (QED) is 0.512. The lowest BCUT2D eigenvalue weighted by Crippen LogP contribution is -2.49. The van der Waals surface area contributed by atoms with Crippen molar-refractivity contribution >= 4 is 22.8 Å². The number of rotatable bonds is 8. The van der Waals surface area contributed by atoms with Gasteiger partial charge in [0.25, 0.3) is 0 Å². The Morgan fingerprint density at radius 2 is 1.73 bits per heavy atom. The maximum absolute atomic E-state index is 12.5. The lowest BCUT2D eigenvalue weighted by Gasteiger charge is -2.37. The number of aliphatic carboxylic acids is 1. The van der Waals surface area contributed by atoms with Crippen LogP contribution in [-0.4, -0.2) is 69.2 Å². The number of hydrogen-bond donors (Lipinski definition) is 2. The van der Waals surface area contributed by atoms with Gasteiger partial charge in [-0.1, -0.05) is 42.5 Å². The van der Waals surface area contributed by atoms with Gasteiger partial charge in [0.1, 0.15) is 6.04 Å². The molecule has 1 aliphatic rings. The Morgan fingerprint density at radius 1 is 1.03 bits per heavy atom. The van der Waals surface area contributed by atoms with E-state index in [9.17, 15) is 19.8 Å². The van der Waals surface area contributed by atoms with Crippen molar-refractivity contribution in [3.8, 4) is 0 Å². The van der Waals surface area contributed by atoms with E-state index in [-0.39, 0.29) is 5.56 Å². The Hall–Kier alpha value is -3.42. The summed E-state index contributed by atoms with van der Waals surface area (Å²) < 4.78 is 2.01. The first-order valence-corrected chi connectivity index (χ1v) is 11.1. The molecule has 0 unspecified atom stereocenters. The van der Waals surface area contributed by atoms with Crippen LogP contribution in [0.1, 0.15) is 34.5 Å². The highest BCUT2D eigenvalue weighted by Crippen LogP contribution is 2.32. The number of hydrogen-bond acceptors (Lipinski definition) is 4. The second-order valence-corrected chi connectivity index (χ2v) is 8.75. The first-order valence-electron chi connectivity index (χ1n) is 11.1. The highest BCUT2D eigenvalue weighted by Gasteiger charge is 2.33. The molecule has 2 aromatic carbocycles. The topological polar surface area (TPSA) is 86.0 Å². The second kappa shape index (κ2) is 9.60. The van der Waals surface area contributed by atoms with E-state index in [4.69, 9.17) is 0 Å². The van der Waals surface area contributed by atoms with E-state index >= 15 is 0 Å². The summed E-state index contributed by atoms with van der Waals surface area (Å²) >= 11 is 0. The molecule has 1 fully saturated rings. The molecular formula is C26H29N3O4. The number of aromatic nitrogens is 1. The lowest BCUT2D eigenvalue weighted by atomic mass is 10.0. The molecule has 2 heterocycles. The van der Waals surface area contributed by atoms with Gasteiger partial charge in [0.15, 0.2) is 0 Å². The normalized spacial score (nSPS) is 16.0. The Balaban J connectivity index is 1.73. The maximum Gasteiger partial charge on any atom is 0.335 e. The van der Waals surface area contributed by atoms with E-state index < -0.39 is 18.0 Å². The molecule has 0 radical (unpaired) electrons. The van der Waals surface area contributed by atoms with Crippen molar-refractivity contribution < 1.29 is 19.8 Å². The molecule has 7 heteroatoms. The summed E-state index contributed by atoms with van der Waals surface area (Å²) in [7, 11) is 0. The van der Waals surface area contributed by atoms with Crippen LogP contribution in [0, 0.1) is 0 Å². The largest absolute Gasteiger partial charge is 0.480 e. The fourth-order valence-corrected chi connectivity index (χ4v) is 4.63. The van der Waals surface area contributed by atoms with Gasteiger partial charge >= 0.3 is 11.9 Å². The Morgan fingerprint density at radius 3 is 2.33 bits per heavy atom. The minimum atomic E-state index is -1.03. The van der Waals surface area contributed by atoms with Gasteiger partial charge in [0.05, 0.1) is 5.56 Å². The van der Waals surface area contributed by atoms with Crippen molar-refractivity contribution in [3.63, 3.8) is 0 Å². The Bertz CT molecular complexity index is 1180. The first kappa shape index (κ1) is 22.8. The van der Waals surface area contributed by atoms with E-state index in [1.807, 2.05) is 52.9 Å². The summed E-state index contributed by atoms with van der Waals surface area (Å²) in [6.07, 6.45) is 1.88. The lowest BCUT2D eigenvalue weighted by molar-refractivity contribution is -0.144. The number of aromatic carboxylic acids is 1. The molecule has 33 heavy (non-hydrogen) atoms. The van der Waals surface area contributed by atoms with Crippen LogP contribution in [0.15, 0.2) is 66.9 Å². The Labute approximate surface area is 193 Å². The zero-order valence-electron chi connectivity index (χ0n) is 18.8. The van der Waals surface area contributed by atoms with E-state index in [0.29, 0.717) is 30.6 Å². The molecule has 172 valence electrons. The summed E-state index contributed by atoms with van der Waals surface area (Å²) in [5.74, 6) is -1.96. The van der Waals surface area contributed by atoms with Gasteiger partial charge in [-0.15, -0.1) is 0 Å². The van der Waals surface area contributed by atoms with Crippen LogP contribution in [0.25, 0.3) is 10.9 Å². The summed E-state index contributed by atoms with van der Waals surface area (Å²) in [5.41, 5.74) is 3.78. The average molecular weight is 448 g/mol. The molecular weight excluding hydrogens is 418 g/mol. The smallest absolute Gasteiger partial charge is 0.335 e. The molecule has 0 spiro atoms. The number of nitrogens with zero attached hydrogens (tertiary/aromatic N) is 3. The molecule has 4 rings (SSSR count). The third kappa shape index (κ3) is 4.99. The molecule has 1 atom stereocenters. The van der Waals surface area contributed by atoms with Crippen LogP contribution in [-0.2, 0) is 11.3 Å². The minimum absolute atomic E-state index is 0.150. The van der Waals surface area contributed by atoms with Crippen molar-refractivity contribution in [2.45, 2.75) is 19.5 Å². The number of carboxylic acid groups (broad SMARTS) is 2. The molecule has 7 nitrogen and oxygen atoms in total. The van der Waals surface area contributed by atoms with E-state index in [1.165, 1.54) is 0 Å². The van der Waals surface area contributed by atoms with Crippen LogP contribution in [0.4, 0.5) is 0 Å². The standard InChI is InChI=1S/C26H29N3O4/c1-18(2)15-27-10-12-28(13-11-27)24(26(32)33)22-17-29(16-19-6-4-3-5-7-19)23-9-8-20(25(30)31)14-21(22)23/h3-9,14,17,24H,1,10-13,15-16H2,2H3,(H,30,31)(H,32,33)/t24-/m1/s1. The van der Waals surface area contributed by atoms with Crippen molar-refractivity contribution in [2.24, 2.45) is 0 Å². The van der Waals surface area contributed by atoms with Gasteiger partial charge < -0.3 is 14.8 Å². The van der Waals surface area contributed by atoms with E-state index in [0.717, 1.165) is 36.3 Å². The van der Waals surface area contributed by atoms with E-state index in [2.05, 4.69) is 11.5 Å². The SMILES string of the molecule is C=C(C)CN1CCN([C@@H](C(=O)O)c2cn(Cc3ccccc3)c3ccc(C(=O)O)cc23)CC1. The third-order valence-corrected chi connectivity index (χ3v) is 6.15. The molecule has 1 aromatic heterocycles. The fourth-order valence-electron chi connectivity index (χ4n) is 4.63. The average Bonchev–Trinajstić information content (AvgIpc) is 3.12. The molecule has 2 N–H and O–H groups in total. The molecule has 1 aliphatic heterocycles. The zero-order valence-corrected chi connectivity index (χ0v) is 18.8. The van der Waals surface area contributed by atoms with Crippen LogP contribution < -0.4 is 0 Å². The number of carboxylic acids is 2. The molecule has 1 saturated heterocycles. The van der Waals surface area contributed by atoms with Crippen LogP contribution in [0.3, 0.4) is 0 Å². The van der Waals surface area contributed by atoms with Gasteiger partial charge in [-0.25, -0.2) is 4.79 Å². The third-order valence-electron chi connectivity index (χ3n) is 6.15. The highest BCUT2D eigenvalue weighted by atomic mass is 16.4. The van der Waals surface area contributed by atoms with Crippen LogP contribution in [0.5, 0.6) is 0 Å². The molecule has 0 amide bonds. The fraction of sp³-hybridized carbons (Fsp3) is 0.308. The molecule has 3 aromatic rings. The monoisotopic (exact) mass is 447 g/mol. The van der Waals surface area contributed by atoms with Crippen LogP contribution in [0.2, 0.25) is 0 Å². The van der Waals surface area contributed by atoms with Gasteiger partial charge in [0, 0.05) is 61.9 Å². The summed E-state index contributed by atoms with van der Waals surface area (Å²) in [6, 6.07) is 14.0. The zero-order chi connectivity index (χ0) is 23.5. The second-order valence-electron chi connectivity index (χ2n) is 8.75. The Kier molecular flexibility index (Phi) is 6.62. The highest BCUT2D eigenvalue weighted by molar-refractivity contribution is 5.96. The summed E-state index contributed by atoms with van der Waals surface area (Å²) in [6.45, 7) is 10.1. The van der Waals surface area contributed by atoms with Gasteiger partial charge in [-0.3, -0.25) is 14.6 Å².